The predicted molar refractivity (Wildman–Crippen MR) is 71.9 cm³/mol. The molecule has 0 bridgehead atoms. The molecule has 0 aliphatic carbocycles. The van der Waals surface area contributed by atoms with Crippen LogP contribution < -0.4 is 10.1 Å². The van der Waals surface area contributed by atoms with Gasteiger partial charge in [0, 0.05) is 5.56 Å². The first-order chi connectivity index (χ1) is 8.63. The van der Waals surface area contributed by atoms with E-state index in [9.17, 15) is 4.39 Å². The van der Waals surface area contributed by atoms with Gasteiger partial charge in [-0.3, -0.25) is 0 Å². The molecule has 100 valence electrons. The summed E-state index contributed by atoms with van der Waals surface area (Å²) in [4.78, 5) is 0. The van der Waals surface area contributed by atoms with Crippen LogP contribution in [0.25, 0.3) is 0 Å². The molecule has 1 aromatic carbocycles. The average Bonchev–Trinajstić information content (AvgIpc) is 2.38. The Bertz CT molecular complexity index is 411. The highest BCUT2D eigenvalue weighted by molar-refractivity contribution is 5.42. The summed E-state index contributed by atoms with van der Waals surface area (Å²) < 4.78 is 19.6. The van der Waals surface area contributed by atoms with Crippen molar-refractivity contribution in [3.05, 3.63) is 29.1 Å². The van der Waals surface area contributed by atoms with Crippen LogP contribution in [-0.4, -0.2) is 20.2 Å². The van der Waals surface area contributed by atoms with Crippen LogP contribution in [0.15, 0.2) is 12.1 Å². The molecule has 1 aliphatic rings. The van der Waals surface area contributed by atoms with Gasteiger partial charge in [0.15, 0.2) is 0 Å². The highest BCUT2D eigenvalue weighted by atomic mass is 19.1. The Balaban J connectivity index is 2.35. The maximum Gasteiger partial charge on any atom is 0.130 e. The van der Waals surface area contributed by atoms with E-state index >= 15 is 0 Å². The summed E-state index contributed by atoms with van der Waals surface area (Å²) in [7, 11) is 1.62. The number of rotatable bonds is 3. The number of nitrogens with one attached hydrogen (secondary N) is 1. The van der Waals surface area contributed by atoms with Gasteiger partial charge in [0.2, 0.25) is 0 Å². The number of hydrogen-bond acceptors (Lipinski definition) is 2. The van der Waals surface area contributed by atoms with Gasteiger partial charge in [-0.15, -0.1) is 0 Å². The predicted octanol–water partition coefficient (Wildman–Crippen LogP) is 3.42. The van der Waals surface area contributed by atoms with E-state index in [0.717, 1.165) is 31.5 Å². The molecule has 0 radical (unpaired) electrons. The van der Waals surface area contributed by atoms with Crippen LogP contribution in [0.3, 0.4) is 0 Å². The van der Waals surface area contributed by atoms with Gasteiger partial charge in [0.1, 0.15) is 11.6 Å². The van der Waals surface area contributed by atoms with E-state index in [0.29, 0.717) is 17.2 Å². The van der Waals surface area contributed by atoms with Crippen LogP contribution in [-0.2, 0) is 0 Å². The van der Waals surface area contributed by atoms with E-state index in [-0.39, 0.29) is 11.7 Å². The van der Waals surface area contributed by atoms with Crippen molar-refractivity contribution < 1.29 is 9.13 Å². The molecule has 1 saturated heterocycles. The quantitative estimate of drug-likeness (QED) is 0.888. The minimum Gasteiger partial charge on any atom is -0.496 e. The van der Waals surface area contributed by atoms with Gasteiger partial charge in [0.05, 0.1) is 7.11 Å². The van der Waals surface area contributed by atoms with Crippen LogP contribution in [0.1, 0.15) is 49.7 Å². The normalized spacial score (nSPS) is 17.2. The third kappa shape index (κ3) is 2.66. The van der Waals surface area contributed by atoms with Crippen LogP contribution in [0.2, 0.25) is 0 Å². The third-order valence-corrected chi connectivity index (χ3v) is 3.72. The number of ether oxygens (including phenoxy) is 1. The fraction of sp³-hybridized carbons (Fsp3) is 0.600. The molecular weight excluding hydrogens is 229 g/mol. The zero-order chi connectivity index (χ0) is 13.1. The first-order valence-electron chi connectivity index (χ1n) is 6.71. The zero-order valence-corrected chi connectivity index (χ0v) is 11.4. The van der Waals surface area contributed by atoms with Gasteiger partial charge in [-0.2, -0.15) is 0 Å². The second-order valence-corrected chi connectivity index (χ2v) is 5.30. The largest absolute Gasteiger partial charge is 0.496 e. The summed E-state index contributed by atoms with van der Waals surface area (Å²) in [5, 5.41) is 3.33. The summed E-state index contributed by atoms with van der Waals surface area (Å²) in [6.45, 7) is 6.01. The lowest BCUT2D eigenvalue weighted by atomic mass is 9.88. The maximum absolute atomic E-state index is 14.2. The van der Waals surface area contributed by atoms with Gasteiger partial charge in [0.25, 0.3) is 0 Å². The van der Waals surface area contributed by atoms with Crippen molar-refractivity contribution in [1.82, 2.24) is 5.32 Å². The Morgan fingerprint density at radius 1 is 1.28 bits per heavy atom. The third-order valence-electron chi connectivity index (χ3n) is 3.72. The van der Waals surface area contributed by atoms with Gasteiger partial charge in [-0.25, -0.2) is 4.39 Å². The van der Waals surface area contributed by atoms with E-state index in [1.54, 1.807) is 13.2 Å². The van der Waals surface area contributed by atoms with Crippen LogP contribution in [0.4, 0.5) is 4.39 Å². The summed E-state index contributed by atoms with van der Waals surface area (Å²) in [5.74, 6) is 1.16. The number of piperidine rings is 1. The Morgan fingerprint density at radius 2 is 1.94 bits per heavy atom. The van der Waals surface area contributed by atoms with Gasteiger partial charge >= 0.3 is 0 Å². The molecule has 0 aromatic heterocycles. The smallest absolute Gasteiger partial charge is 0.130 e. The molecule has 0 atom stereocenters. The molecule has 18 heavy (non-hydrogen) atoms. The fourth-order valence-electron chi connectivity index (χ4n) is 2.73. The molecule has 1 heterocycles. The topological polar surface area (TPSA) is 21.3 Å². The highest BCUT2D eigenvalue weighted by Crippen LogP contribution is 2.35. The van der Waals surface area contributed by atoms with E-state index < -0.39 is 0 Å². The minimum atomic E-state index is -0.127. The first kappa shape index (κ1) is 13.3. The molecule has 2 nitrogen and oxygen atoms in total. The fourth-order valence-corrected chi connectivity index (χ4v) is 2.73. The van der Waals surface area contributed by atoms with E-state index in [1.807, 2.05) is 19.9 Å². The number of methoxy groups -OCH3 is 1. The highest BCUT2D eigenvalue weighted by Gasteiger charge is 2.20. The molecule has 0 saturated carbocycles. The number of halogens is 1. The molecule has 3 heteroatoms. The molecule has 0 amide bonds. The molecule has 1 N–H and O–H groups in total. The Labute approximate surface area is 109 Å². The Morgan fingerprint density at radius 3 is 2.50 bits per heavy atom. The Kier molecular flexibility index (Phi) is 4.23. The van der Waals surface area contributed by atoms with Crippen LogP contribution in [0, 0.1) is 5.82 Å². The second-order valence-electron chi connectivity index (χ2n) is 5.30. The zero-order valence-electron chi connectivity index (χ0n) is 11.4. The summed E-state index contributed by atoms with van der Waals surface area (Å²) in [6.07, 6.45) is 2.15. The van der Waals surface area contributed by atoms with E-state index in [2.05, 4.69) is 5.32 Å². The molecule has 1 aromatic rings. The number of benzene rings is 1. The molecule has 0 spiro atoms. The lowest BCUT2D eigenvalue weighted by molar-refractivity contribution is 0.397. The average molecular weight is 251 g/mol. The minimum absolute atomic E-state index is 0.127. The molecule has 1 fully saturated rings. The molecule has 2 rings (SSSR count). The van der Waals surface area contributed by atoms with Gasteiger partial charge in [-0.1, -0.05) is 13.8 Å². The van der Waals surface area contributed by atoms with Crippen molar-refractivity contribution in [2.45, 2.75) is 38.5 Å². The summed E-state index contributed by atoms with van der Waals surface area (Å²) in [6, 6.07) is 3.72. The lowest BCUT2D eigenvalue weighted by Gasteiger charge is -2.24. The Hall–Kier alpha value is -1.09. The van der Waals surface area contributed by atoms with E-state index in [1.165, 1.54) is 0 Å². The molecule has 1 aliphatic heterocycles. The summed E-state index contributed by atoms with van der Waals surface area (Å²) >= 11 is 0. The molecule has 0 unspecified atom stereocenters. The maximum atomic E-state index is 14.2. The molecular formula is C15H22FNO. The van der Waals surface area contributed by atoms with Gasteiger partial charge in [-0.05, 0) is 55.5 Å². The van der Waals surface area contributed by atoms with Crippen LogP contribution >= 0.6 is 0 Å². The van der Waals surface area contributed by atoms with Crippen molar-refractivity contribution in [2.24, 2.45) is 0 Å². The van der Waals surface area contributed by atoms with Crippen molar-refractivity contribution in [3.63, 3.8) is 0 Å². The lowest BCUT2D eigenvalue weighted by Crippen LogP contribution is -2.26. The summed E-state index contributed by atoms with van der Waals surface area (Å²) in [5.41, 5.74) is 1.77. The SMILES string of the molecule is COc1cc(C2CCNCC2)cc(F)c1C(C)C. The van der Waals surface area contributed by atoms with Crippen molar-refractivity contribution in [3.8, 4) is 5.75 Å². The van der Waals surface area contributed by atoms with E-state index in [4.69, 9.17) is 4.74 Å². The monoisotopic (exact) mass is 251 g/mol. The number of hydrogen-bond donors (Lipinski definition) is 1. The van der Waals surface area contributed by atoms with Crippen LogP contribution in [0.5, 0.6) is 5.75 Å². The first-order valence-corrected chi connectivity index (χ1v) is 6.71. The van der Waals surface area contributed by atoms with Gasteiger partial charge < -0.3 is 10.1 Å². The van der Waals surface area contributed by atoms with Crippen molar-refractivity contribution in [1.29, 1.82) is 0 Å². The van der Waals surface area contributed by atoms with Crippen molar-refractivity contribution >= 4 is 0 Å². The standard InChI is InChI=1S/C15H22FNO/c1-10(2)15-13(16)8-12(9-14(15)18-3)11-4-6-17-7-5-11/h8-11,17H,4-7H2,1-3H3. The second kappa shape index (κ2) is 5.70. The van der Waals surface area contributed by atoms with Crippen molar-refractivity contribution in [2.75, 3.05) is 20.2 Å².